The molecule has 0 unspecified atom stereocenters. The molecule has 10 rings (SSSR count). The Morgan fingerprint density at radius 1 is 0.470 bits per heavy atom. The summed E-state index contributed by atoms with van der Waals surface area (Å²) in [5.74, 6) is -6.47. The minimum Gasteiger partial charge on any atom is -0.480 e. The molecule has 9 aromatic carbocycles. The first-order chi connectivity index (χ1) is 48.5. The highest BCUT2D eigenvalue weighted by molar-refractivity contribution is 8.00. The van der Waals surface area contributed by atoms with E-state index >= 15 is 19.2 Å². The Bertz CT molecular complexity index is 3900. The minimum absolute atomic E-state index is 0.0733. The van der Waals surface area contributed by atoms with Gasteiger partial charge in [0.15, 0.2) is 0 Å². The fraction of sp³-hybridized carbons (Fsp3) is 0.244. The first kappa shape index (κ1) is 71.8. The molecule has 512 valence electrons. The number of hydrogen-bond acceptors (Lipinski definition) is 10. The number of likely N-dealkylation sites (tertiary alicyclic amines) is 1. The number of benzene rings is 9. The van der Waals surface area contributed by atoms with Crippen LogP contribution in [-0.2, 0) is 54.2 Å². The molecule has 0 saturated carbocycles. The molecule has 9 N–H and O–H groups in total. The molecule has 5 atom stereocenters. The number of nitrogens with two attached hydrogens (primary N) is 1. The molecular formula is C82H84N8O9S. The molecule has 9 aromatic rings. The first-order valence-corrected chi connectivity index (χ1v) is 34.7. The molecule has 0 bridgehead atoms. The van der Waals surface area contributed by atoms with Gasteiger partial charge >= 0.3 is 5.97 Å². The minimum atomic E-state index is -1.74. The molecule has 0 radical (unpaired) electrons. The lowest BCUT2D eigenvalue weighted by atomic mass is 9.77. The van der Waals surface area contributed by atoms with Crippen molar-refractivity contribution in [2.24, 2.45) is 11.7 Å². The van der Waals surface area contributed by atoms with Crippen LogP contribution in [0.2, 0.25) is 0 Å². The maximum Gasteiger partial charge on any atom is 0.322 e. The van der Waals surface area contributed by atoms with Crippen molar-refractivity contribution in [1.29, 1.82) is 0 Å². The molecular weight excluding hydrogens is 1270 g/mol. The number of nitrogens with one attached hydrogen (secondary N) is 6. The Hall–Kier alpha value is -11.0. The van der Waals surface area contributed by atoms with E-state index in [-0.39, 0.29) is 43.9 Å². The summed E-state index contributed by atoms with van der Waals surface area (Å²) in [6, 6.07) is 79.1. The molecule has 1 aliphatic rings. The van der Waals surface area contributed by atoms with Gasteiger partial charge in [-0.3, -0.25) is 38.4 Å². The van der Waals surface area contributed by atoms with E-state index in [0.717, 1.165) is 33.4 Å². The number of nitrogens with zero attached hydrogens (tertiary/aromatic N) is 1. The smallest absolute Gasteiger partial charge is 0.322 e. The third-order valence-corrected chi connectivity index (χ3v) is 19.8. The summed E-state index contributed by atoms with van der Waals surface area (Å²) in [5, 5.41) is 27.1. The van der Waals surface area contributed by atoms with Gasteiger partial charge in [0.2, 0.25) is 41.4 Å². The fourth-order valence-corrected chi connectivity index (χ4v) is 14.9. The zero-order valence-electron chi connectivity index (χ0n) is 56.0. The van der Waals surface area contributed by atoms with Crippen LogP contribution in [0.5, 0.6) is 0 Å². The average molecular weight is 1360 g/mol. The highest BCUT2D eigenvalue weighted by Crippen LogP contribution is 2.49. The maximum atomic E-state index is 16.0. The van der Waals surface area contributed by atoms with Crippen molar-refractivity contribution in [3.05, 3.63) is 323 Å². The lowest BCUT2D eigenvalue weighted by Gasteiger charge is -2.38. The summed E-state index contributed by atoms with van der Waals surface area (Å²) < 4.78 is -1.05. The Morgan fingerprint density at radius 2 is 0.830 bits per heavy atom. The van der Waals surface area contributed by atoms with E-state index in [4.69, 9.17) is 5.73 Å². The highest BCUT2D eigenvalue weighted by atomic mass is 32.2. The maximum absolute atomic E-state index is 16.0. The van der Waals surface area contributed by atoms with Crippen molar-refractivity contribution in [3.63, 3.8) is 0 Å². The van der Waals surface area contributed by atoms with Crippen molar-refractivity contribution in [2.45, 2.75) is 98.4 Å². The number of thioether (sulfide) groups is 1. The van der Waals surface area contributed by atoms with Crippen LogP contribution < -0.4 is 37.6 Å². The number of amides is 7. The molecule has 0 aromatic heterocycles. The van der Waals surface area contributed by atoms with Gasteiger partial charge in [-0.2, -0.15) is 0 Å². The molecule has 7 amide bonds. The molecule has 0 aliphatic carbocycles. The van der Waals surface area contributed by atoms with Crippen molar-refractivity contribution in [2.75, 3.05) is 18.8 Å². The largest absolute Gasteiger partial charge is 0.480 e. The number of hydrogen-bond donors (Lipinski definition) is 8. The van der Waals surface area contributed by atoms with Gasteiger partial charge in [-0.25, -0.2) is 0 Å². The third kappa shape index (κ3) is 16.9. The van der Waals surface area contributed by atoms with Crippen molar-refractivity contribution in [1.82, 2.24) is 36.8 Å². The summed E-state index contributed by atoms with van der Waals surface area (Å²) in [6.07, 6.45) is -0.437. The predicted octanol–water partition coefficient (Wildman–Crippen LogP) is 10.1. The molecule has 100 heavy (non-hydrogen) atoms. The van der Waals surface area contributed by atoms with E-state index in [2.05, 4.69) is 31.9 Å². The average Bonchev–Trinajstić information content (AvgIpc) is 0.861. The second-order valence-corrected chi connectivity index (χ2v) is 26.6. The van der Waals surface area contributed by atoms with Crippen molar-refractivity contribution in [3.8, 4) is 0 Å². The first-order valence-electron chi connectivity index (χ1n) is 33.8. The van der Waals surface area contributed by atoms with E-state index in [0.29, 0.717) is 23.1 Å². The summed E-state index contributed by atoms with van der Waals surface area (Å²) in [5.41, 5.74) is 11.2. The van der Waals surface area contributed by atoms with E-state index < -0.39 is 106 Å². The summed E-state index contributed by atoms with van der Waals surface area (Å²) in [6.45, 7) is 3.11. The molecule has 1 saturated heterocycles. The Kier molecular flexibility index (Phi) is 24.4. The van der Waals surface area contributed by atoms with Gasteiger partial charge in [-0.15, -0.1) is 11.8 Å². The zero-order chi connectivity index (χ0) is 70.5. The van der Waals surface area contributed by atoms with E-state index in [1.807, 2.05) is 287 Å². The van der Waals surface area contributed by atoms with Crippen LogP contribution in [0.25, 0.3) is 0 Å². The number of rotatable bonds is 31. The van der Waals surface area contributed by atoms with Gasteiger partial charge in [0.1, 0.15) is 41.8 Å². The molecule has 1 fully saturated rings. The van der Waals surface area contributed by atoms with Gasteiger partial charge in [0, 0.05) is 18.7 Å². The number of carbonyl (C=O) groups excluding carboxylic acids is 7. The summed E-state index contributed by atoms with van der Waals surface area (Å²) in [4.78, 5) is 118. The van der Waals surface area contributed by atoms with E-state index in [9.17, 15) is 24.3 Å². The van der Waals surface area contributed by atoms with Crippen LogP contribution in [-0.4, -0.2) is 106 Å². The van der Waals surface area contributed by atoms with Gasteiger partial charge in [-0.1, -0.05) is 287 Å². The lowest BCUT2D eigenvalue weighted by molar-refractivity contribution is -0.142. The van der Waals surface area contributed by atoms with Crippen molar-refractivity contribution >= 4 is 59.1 Å². The standard InChI is InChI=1S/C82H84N8O9S/c1-57(2)53-68(76(96)84-55-74(93)94)86-78(98)71-49-30-52-90(71)79(99)70(56-100-82(64-43-24-9-25-44-64,65-45-26-10-27-46-65)66-47-28-11-29-48-66)87-77(97)69(54-73(92)89-81(61-37-18-6-19-38-61,62-39-20-7-21-40-62)63-41-22-8-23-42-63)85-75(95)67(83)50-51-72(91)88-80(58-31-12-3-13-32-58,59-33-14-4-15-34-59)60-35-16-5-17-36-60/h3-29,31-48,57,67-71H,30,49-56,83H2,1-2H3,(H,84,96)(H,85,95)(H,86,98)(H,87,97)(H,88,91)(H,89,92)(H,93,94)/t67-,68-,69-,70-,71-/m0/s1. The molecule has 1 heterocycles. The van der Waals surface area contributed by atoms with E-state index in [1.165, 1.54) is 16.7 Å². The van der Waals surface area contributed by atoms with Crippen LogP contribution in [0, 0.1) is 5.92 Å². The lowest BCUT2D eigenvalue weighted by Crippen LogP contribution is -2.60. The van der Waals surface area contributed by atoms with Crippen LogP contribution >= 0.6 is 11.8 Å². The molecule has 17 nitrogen and oxygen atoms in total. The quantitative estimate of drug-likeness (QED) is 0.0190. The number of carbonyl (C=O) groups is 8. The Balaban J connectivity index is 1.02. The zero-order valence-corrected chi connectivity index (χ0v) is 56.8. The van der Waals surface area contributed by atoms with Crippen LogP contribution in [0.3, 0.4) is 0 Å². The number of aliphatic carboxylic acids is 1. The van der Waals surface area contributed by atoms with E-state index in [1.54, 1.807) is 0 Å². The SMILES string of the molecule is CC(C)C[C@H](NC(=O)[C@@H]1CCCN1C(=O)[C@H](CSC(c1ccccc1)(c1ccccc1)c1ccccc1)NC(=O)[C@H](CC(=O)NC(c1ccccc1)(c1ccccc1)c1ccccc1)NC(=O)[C@@H](N)CCC(=O)NC(c1ccccc1)(c1ccccc1)c1ccccc1)C(=O)NCC(=O)O. The molecule has 0 spiro atoms. The van der Waals surface area contributed by atoms with Gasteiger partial charge in [0.05, 0.1) is 17.2 Å². The Morgan fingerprint density at radius 3 is 1.20 bits per heavy atom. The van der Waals surface area contributed by atoms with Crippen LogP contribution in [0.1, 0.15) is 102 Å². The Labute approximate surface area is 588 Å². The number of carboxylic acids is 1. The normalized spacial score (nSPS) is 14.3. The summed E-state index contributed by atoms with van der Waals surface area (Å²) >= 11 is 1.37. The van der Waals surface area contributed by atoms with Gasteiger partial charge in [-0.05, 0) is 81.7 Å². The van der Waals surface area contributed by atoms with Crippen molar-refractivity contribution < 1.29 is 43.5 Å². The third-order valence-electron chi connectivity index (χ3n) is 18.2. The predicted molar refractivity (Wildman–Crippen MR) is 389 cm³/mol. The van der Waals surface area contributed by atoms with Crippen LogP contribution in [0.15, 0.2) is 273 Å². The van der Waals surface area contributed by atoms with Crippen LogP contribution in [0.4, 0.5) is 0 Å². The second-order valence-electron chi connectivity index (χ2n) is 25.3. The fourth-order valence-electron chi connectivity index (χ4n) is 13.4. The second kappa shape index (κ2) is 34.0. The summed E-state index contributed by atoms with van der Waals surface area (Å²) in [7, 11) is 0. The van der Waals surface area contributed by atoms with Gasteiger partial charge in [0.25, 0.3) is 0 Å². The highest BCUT2D eigenvalue weighted by Gasteiger charge is 2.45. The number of carboxylic acid groups (broad SMARTS) is 1. The van der Waals surface area contributed by atoms with Gasteiger partial charge < -0.3 is 47.6 Å². The monoisotopic (exact) mass is 1360 g/mol. The molecule has 18 heteroatoms. The molecule has 1 aliphatic heterocycles. The topological polar surface area (TPSA) is 258 Å².